The molecule has 0 radical (unpaired) electrons. The lowest BCUT2D eigenvalue weighted by atomic mass is 9.88. The van der Waals surface area contributed by atoms with Gasteiger partial charge < -0.3 is 14.2 Å². The molecule has 1 amide bonds. The van der Waals surface area contributed by atoms with Gasteiger partial charge in [0.1, 0.15) is 5.76 Å². The molecule has 138 valence electrons. The van der Waals surface area contributed by atoms with Crippen molar-refractivity contribution in [2.45, 2.75) is 38.7 Å². The van der Waals surface area contributed by atoms with Gasteiger partial charge in [-0.1, -0.05) is 35.5 Å². The van der Waals surface area contributed by atoms with Crippen molar-refractivity contribution < 1.29 is 14.1 Å². The van der Waals surface area contributed by atoms with E-state index in [-0.39, 0.29) is 12.0 Å². The lowest BCUT2D eigenvalue weighted by Crippen LogP contribution is -2.47. The van der Waals surface area contributed by atoms with Crippen LogP contribution in [-0.2, 0) is 11.2 Å². The van der Waals surface area contributed by atoms with E-state index in [1.54, 1.807) is 13.0 Å². The number of hydrogen-bond acceptors (Lipinski definition) is 4. The third-order valence-electron chi connectivity index (χ3n) is 5.38. The van der Waals surface area contributed by atoms with Crippen LogP contribution in [0.5, 0.6) is 0 Å². The molecule has 1 aromatic heterocycles. The van der Waals surface area contributed by atoms with Crippen molar-refractivity contribution in [1.29, 1.82) is 0 Å². The highest BCUT2D eigenvalue weighted by Gasteiger charge is 2.34. The molecule has 26 heavy (non-hydrogen) atoms. The van der Waals surface area contributed by atoms with Crippen LogP contribution in [0.15, 0.2) is 40.9 Å². The SMILES string of the molecule is Cc1cc(C(=O)N2CC[C@H](OCC3CC3)[C@H](Cc3ccccc3)C2)no1. The summed E-state index contributed by atoms with van der Waals surface area (Å²) in [5, 5.41) is 3.89. The van der Waals surface area contributed by atoms with Gasteiger partial charge in [-0.15, -0.1) is 0 Å². The van der Waals surface area contributed by atoms with Crippen molar-refractivity contribution in [2.24, 2.45) is 11.8 Å². The minimum Gasteiger partial charge on any atom is -0.377 e. The lowest BCUT2D eigenvalue weighted by Gasteiger charge is -2.38. The number of piperidine rings is 1. The van der Waals surface area contributed by atoms with E-state index < -0.39 is 0 Å². The number of benzene rings is 1. The second-order valence-corrected chi connectivity index (χ2v) is 7.63. The number of carbonyl (C=O) groups is 1. The predicted molar refractivity (Wildman–Crippen MR) is 97.9 cm³/mol. The van der Waals surface area contributed by atoms with E-state index in [4.69, 9.17) is 9.26 Å². The Balaban J connectivity index is 1.45. The van der Waals surface area contributed by atoms with Gasteiger partial charge in [-0.2, -0.15) is 0 Å². The van der Waals surface area contributed by atoms with Gasteiger partial charge in [-0.05, 0) is 44.1 Å². The molecule has 1 aromatic carbocycles. The van der Waals surface area contributed by atoms with Crippen LogP contribution in [0.4, 0.5) is 0 Å². The van der Waals surface area contributed by atoms with E-state index in [0.717, 1.165) is 25.4 Å². The van der Waals surface area contributed by atoms with Crippen molar-refractivity contribution in [1.82, 2.24) is 10.1 Å². The second kappa shape index (κ2) is 7.62. The summed E-state index contributed by atoms with van der Waals surface area (Å²) in [4.78, 5) is 14.7. The zero-order valence-corrected chi connectivity index (χ0v) is 15.3. The van der Waals surface area contributed by atoms with Crippen molar-refractivity contribution in [3.8, 4) is 0 Å². The average Bonchev–Trinajstić information content (AvgIpc) is 3.39. The van der Waals surface area contributed by atoms with Crippen LogP contribution in [0, 0.1) is 18.8 Å². The Bertz CT molecular complexity index is 739. The molecular formula is C21H26N2O3. The molecule has 2 heterocycles. The van der Waals surface area contributed by atoms with Crippen molar-refractivity contribution in [3.05, 3.63) is 53.4 Å². The van der Waals surface area contributed by atoms with Gasteiger partial charge in [0.25, 0.3) is 5.91 Å². The third-order valence-corrected chi connectivity index (χ3v) is 5.38. The Morgan fingerprint density at radius 3 is 2.77 bits per heavy atom. The topological polar surface area (TPSA) is 55.6 Å². The molecule has 0 N–H and O–H groups in total. The van der Waals surface area contributed by atoms with Crippen LogP contribution in [0.1, 0.15) is 41.1 Å². The summed E-state index contributed by atoms with van der Waals surface area (Å²) in [6, 6.07) is 12.2. The highest BCUT2D eigenvalue weighted by atomic mass is 16.5. The number of hydrogen-bond donors (Lipinski definition) is 0. The fourth-order valence-electron chi connectivity index (χ4n) is 3.70. The third kappa shape index (κ3) is 4.15. The van der Waals surface area contributed by atoms with Crippen molar-refractivity contribution in [3.63, 3.8) is 0 Å². The molecule has 2 atom stereocenters. The van der Waals surface area contributed by atoms with Crippen LogP contribution in [0.2, 0.25) is 0 Å². The van der Waals surface area contributed by atoms with Gasteiger partial charge in [0.15, 0.2) is 5.69 Å². The van der Waals surface area contributed by atoms with Crippen LogP contribution in [0.25, 0.3) is 0 Å². The first-order chi connectivity index (χ1) is 12.7. The Morgan fingerprint density at radius 2 is 2.08 bits per heavy atom. The van der Waals surface area contributed by atoms with E-state index in [0.29, 0.717) is 30.5 Å². The Hall–Kier alpha value is -2.14. The molecule has 0 unspecified atom stereocenters. The summed E-state index contributed by atoms with van der Waals surface area (Å²) in [7, 11) is 0. The first kappa shape index (κ1) is 17.3. The van der Waals surface area contributed by atoms with Gasteiger partial charge in [-0.3, -0.25) is 4.79 Å². The van der Waals surface area contributed by atoms with Gasteiger partial charge >= 0.3 is 0 Å². The molecule has 1 saturated carbocycles. The van der Waals surface area contributed by atoms with Crippen molar-refractivity contribution in [2.75, 3.05) is 19.7 Å². The number of amides is 1. The van der Waals surface area contributed by atoms with E-state index in [2.05, 4.69) is 29.4 Å². The quantitative estimate of drug-likeness (QED) is 0.797. The van der Waals surface area contributed by atoms with Gasteiger partial charge in [0.2, 0.25) is 0 Å². The fraction of sp³-hybridized carbons (Fsp3) is 0.524. The molecule has 0 bridgehead atoms. The molecule has 5 heteroatoms. The Morgan fingerprint density at radius 1 is 1.27 bits per heavy atom. The number of ether oxygens (including phenoxy) is 1. The first-order valence-electron chi connectivity index (χ1n) is 9.57. The van der Waals surface area contributed by atoms with Crippen LogP contribution in [0.3, 0.4) is 0 Å². The molecule has 4 rings (SSSR count). The molecule has 5 nitrogen and oxygen atoms in total. The van der Waals surface area contributed by atoms with Crippen LogP contribution in [-0.4, -0.2) is 41.8 Å². The van der Waals surface area contributed by atoms with Gasteiger partial charge in [-0.25, -0.2) is 0 Å². The summed E-state index contributed by atoms with van der Waals surface area (Å²) in [6.07, 6.45) is 4.63. The van der Waals surface area contributed by atoms with Crippen LogP contribution < -0.4 is 0 Å². The maximum Gasteiger partial charge on any atom is 0.276 e. The average molecular weight is 354 g/mol. The molecule has 2 aromatic rings. The maximum atomic E-state index is 12.8. The largest absolute Gasteiger partial charge is 0.377 e. The van der Waals surface area contributed by atoms with Crippen molar-refractivity contribution >= 4 is 5.91 Å². The van der Waals surface area contributed by atoms with E-state index in [9.17, 15) is 4.79 Å². The molecule has 1 aliphatic carbocycles. The van der Waals surface area contributed by atoms with Gasteiger partial charge in [0, 0.05) is 31.7 Å². The number of rotatable bonds is 6. The molecular weight excluding hydrogens is 328 g/mol. The fourth-order valence-corrected chi connectivity index (χ4v) is 3.70. The second-order valence-electron chi connectivity index (χ2n) is 7.63. The molecule has 2 fully saturated rings. The molecule has 1 saturated heterocycles. The number of likely N-dealkylation sites (tertiary alicyclic amines) is 1. The predicted octanol–water partition coefficient (Wildman–Crippen LogP) is 3.48. The highest BCUT2D eigenvalue weighted by molar-refractivity contribution is 5.92. The molecule has 1 aliphatic heterocycles. The minimum absolute atomic E-state index is 0.0412. The van der Waals surface area contributed by atoms with E-state index in [1.165, 1.54) is 18.4 Å². The summed E-state index contributed by atoms with van der Waals surface area (Å²) >= 11 is 0. The summed E-state index contributed by atoms with van der Waals surface area (Å²) in [6.45, 7) is 4.09. The number of carbonyl (C=O) groups excluding carboxylic acids is 1. The number of aromatic nitrogens is 1. The molecule has 0 spiro atoms. The normalized spacial score (nSPS) is 23.2. The summed E-state index contributed by atoms with van der Waals surface area (Å²) in [5.74, 6) is 1.68. The van der Waals surface area contributed by atoms with Gasteiger partial charge in [0.05, 0.1) is 6.10 Å². The monoisotopic (exact) mass is 354 g/mol. The maximum absolute atomic E-state index is 12.8. The van der Waals surface area contributed by atoms with E-state index in [1.807, 2.05) is 11.0 Å². The van der Waals surface area contributed by atoms with E-state index >= 15 is 0 Å². The number of aryl methyl sites for hydroxylation is 1. The van der Waals surface area contributed by atoms with Crippen LogP contribution >= 0.6 is 0 Å². The smallest absolute Gasteiger partial charge is 0.276 e. The zero-order chi connectivity index (χ0) is 17.9. The summed E-state index contributed by atoms with van der Waals surface area (Å²) < 4.78 is 11.3. The first-order valence-corrected chi connectivity index (χ1v) is 9.57. The number of nitrogens with zero attached hydrogens (tertiary/aromatic N) is 2. The highest BCUT2D eigenvalue weighted by Crippen LogP contribution is 2.32. The minimum atomic E-state index is -0.0412. The molecule has 2 aliphatic rings. The lowest BCUT2D eigenvalue weighted by molar-refractivity contribution is -0.0327. The summed E-state index contributed by atoms with van der Waals surface area (Å²) in [5.41, 5.74) is 1.70. The Kier molecular flexibility index (Phi) is 5.07. The standard InChI is InChI=1S/C21H26N2O3/c1-15-11-19(22-26-15)21(24)23-10-9-20(25-14-17-7-8-17)18(13-23)12-16-5-3-2-4-6-16/h2-6,11,17-18,20H,7-10,12-14H2,1H3/t18-,20+/m1/s1. The Labute approximate surface area is 154 Å². The zero-order valence-electron chi connectivity index (χ0n) is 15.3.